The van der Waals surface area contributed by atoms with Gasteiger partial charge < -0.3 is 10.6 Å². The third kappa shape index (κ3) is 5.22. The molecule has 7 heteroatoms. The number of amides is 2. The fourth-order valence-electron chi connectivity index (χ4n) is 2.55. The molecule has 1 heterocycles. The molecule has 5 nitrogen and oxygen atoms in total. The molecule has 0 atom stereocenters. The van der Waals surface area contributed by atoms with Crippen molar-refractivity contribution >= 4 is 52.1 Å². The smallest absolute Gasteiger partial charge is 0.258 e. The molecule has 0 aliphatic carbocycles. The fourth-order valence-corrected chi connectivity index (χ4v) is 2.83. The maximum absolute atomic E-state index is 12.7. The summed E-state index contributed by atoms with van der Waals surface area (Å²) in [7, 11) is 0. The molecule has 3 aromatic rings. The van der Waals surface area contributed by atoms with Gasteiger partial charge in [0.05, 0.1) is 16.3 Å². The van der Waals surface area contributed by atoms with Crippen molar-refractivity contribution in [2.45, 2.75) is 6.92 Å². The molecule has 1 aromatic heterocycles. The SMILES string of the molecule is C=C(C)c1ccc(C(=O)Nc2ccc(Cl)cc2C(=O)Nc2ccc(Cl)cn2)cc1. The number of rotatable bonds is 5. The summed E-state index contributed by atoms with van der Waals surface area (Å²) >= 11 is 11.9. The van der Waals surface area contributed by atoms with E-state index < -0.39 is 5.91 Å². The van der Waals surface area contributed by atoms with E-state index >= 15 is 0 Å². The van der Waals surface area contributed by atoms with E-state index in [1.165, 1.54) is 12.3 Å². The average Bonchev–Trinajstić information content (AvgIpc) is 2.71. The minimum absolute atomic E-state index is 0.209. The Labute approximate surface area is 178 Å². The first-order valence-electron chi connectivity index (χ1n) is 8.63. The van der Waals surface area contributed by atoms with Crippen molar-refractivity contribution in [1.82, 2.24) is 4.98 Å². The van der Waals surface area contributed by atoms with Gasteiger partial charge in [0, 0.05) is 16.8 Å². The number of nitrogens with one attached hydrogen (secondary N) is 2. The van der Waals surface area contributed by atoms with E-state index in [-0.39, 0.29) is 11.5 Å². The maximum Gasteiger partial charge on any atom is 0.258 e. The number of hydrogen-bond acceptors (Lipinski definition) is 3. The van der Waals surface area contributed by atoms with E-state index in [1.54, 1.807) is 36.4 Å². The molecule has 0 unspecified atom stereocenters. The lowest BCUT2D eigenvalue weighted by atomic mass is 10.1. The molecule has 2 aromatic carbocycles. The van der Waals surface area contributed by atoms with Crippen LogP contribution in [0.3, 0.4) is 0 Å². The Bertz CT molecular complexity index is 1080. The third-order valence-electron chi connectivity index (χ3n) is 4.08. The summed E-state index contributed by atoms with van der Waals surface area (Å²) in [6.07, 6.45) is 1.42. The first kappa shape index (κ1) is 20.6. The minimum atomic E-state index is -0.463. The Kier molecular flexibility index (Phi) is 6.32. The van der Waals surface area contributed by atoms with Gasteiger partial charge in [0.1, 0.15) is 5.82 Å². The number of pyridine rings is 1. The first-order valence-corrected chi connectivity index (χ1v) is 9.39. The molecule has 0 aliphatic rings. The van der Waals surface area contributed by atoms with Crippen molar-refractivity contribution in [3.8, 4) is 0 Å². The molecule has 0 spiro atoms. The van der Waals surface area contributed by atoms with Crippen molar-refractivity contribution in [2.75, 3.05) is 10.6 Å². The van der Waals surface area contributed by atoms with Crippen LogP contribution in [-0.2, 0) is 0 Å². The second kappa shape index (κ2) is 8.90. The standard InChI is InChI=1S/C22H17Cl2N3O2/c1-13(2)14-3-5-15(6-4-14)21(28)26-19-9-7-16(23)11-18(19)22(29)27-20-10-8-17(24)12-25-20/h3-12H,1H2,2H3,(H,26,28)(H,25,27,29). The molecule has 0 fully saturated rings. The van der Waals surface area contributed by atoms with Gasteiger partial charge in [-0.3, -0.25) is 9.59 Å². The number of anilines is 2. The number of hydrogen-bond donors (Lipinski definition) is 2. The highest BCUT2D eigenvalue weighted by atomic mass is 35.5. The fraction of sp³-hybridized carbons (Fsp3) is 0.0455. The molecule has 0 bridgehead atoms. The summed E-state index contributed by atoms with van der Waals surface area (Å²) in [5.41, 5.74) is 2.85. The van der Waals surface area contributed by atoms with Crippen LogP contribution in [-0.4, -0.2) is 16.8 Å². The highest BCUT2D eigenvalue weighted by Crippen LogP contribution is 2.23. The second-order valence-corrected chi connectivity index (χ2v) is 7.19. The number of carbonyl (C=O) groups is 2. The van der Waals surface area contributed by atoms with Crippen LogP contribution in [0, 0.1) is 0 Å². The van der Waals surface area contributed by atoms with Gasteiger partial charge in [0.25, 0.3) is 11.8 Å². The second-order valence-electron chi connectivity index (χ2n) is 6.32. The zero-order chi connectivity index (χ0) is 21.0. The molecular formula is C22H17Cl2N3O2. The van der Waals surface area contributed by atoms with Crippen molar-refractivity contribution in [3.05, 3.63) is 94.1 Å². The molecule has 146 valence electrons. The van der Waals surface area contributed by atoms with Gasteiger partial charge in [-0.2, -0.15) is 0 Å². The zero-order valence-corrected chi connectivity index (χ0v) is 17.0. The quantitative estimate of drug-likeness (QED) is 0.532. The van der Waals surface area contributed by atoms with Gasteiger partial charge in [-0.15, -0.1) is 0 Å². The van der Waals surface area contributed by atoms with Crippen molar-refractivity contribution in [2.24, 2.45) is 0 Å². The molecule has 2 amide bonds. The molecule has 0 aliphatic heterocycles. The lowest BCUT2D eigenvalue weighted by Gasteiger charge is -2.12. The number of allylic oxidation sites excluding steroid dienone is 1. The van der Waals surface area contributed by atoms with E-state index in [4.69, 9.17) is 23.2 Å². The Morgan fingerprint density at radius 3 is 2.14 bits per heavy atom. The number of carbonyl (C=O) groups excluding carboxylic acids is 2. The summed E-state index contributed by atoms with van der Waals surface area (Å²) < 4.78 is 0. The topological polar surface area (TPSA) is 71.1 Å². The summed E-state index contributed by atoms with van der Waals surface area (Å²) in [6, 6.07) is 14.9. The highest BCUT2D eigenvalue weighted by Gasteiger charge is 2.16. The van der Waals surface area contributed by atoms with Crippen LogP contribution in [0.25, 0.3) is 5.57 Å². The number of aromatic nitrogens is 1. The summed E-state index contributed by atoms with van der Waals surface area (Å²) in [4.78, 5) is 29.4. The van der Waals surface area contributed by atoms with Crippen molar-refractivity contribution < 1.29 is 9.59 Å². The van der Waals surface area contributed by atoms with Gasteiger partial charge in [-0.1, -0.05) is 47.5 Å². The van der Waals surface area contributed by atoms with E-state index in [0.717, 1.165) is 11.1 Å². The Morgan fingerprint density at radius 2 is 1.52 bits per heavy atom. The molecule has 0 saturated heterocycles. The Hall–Kier alpha value is -3.15. The van der Waals surface area contributed by atoms with Gasteiger partial charge in [0.2, 0.25) is 0 Å². The van der Waals surface area contributed by atoms with Crippen LogP contribution in [0.1, 0.15) is 33.2 Å². The van der Waals surface area contributed by atoms with E-state index in [1.807, 2.05) is 19.1 Å². The number of benzene rings is 2. The van der Waals surface area contributed by atoms with Crippen LogP contribution in [0.4, 0.5) is 11.5 Å². The normalized spacial score (nSPS) is 10.3. The van der Waals surface area contributed by atoms with Gasteiger partial charge in [0.15, 0.2) is 0 Å². The van der Waals surface area contributed by atoms with E-state index in [2.05, 4.69) is 22.2 Å². The van der Waals surface area contributed by atoms with Crippen LogP contribution >= 0.6 is 23.2 Å². The lowest BCUT2D eigenvalue weighted by molar-refractivity contribution is 0.102. The van der Waals surface area contributed by atoms with Crippen LogP contribution in [0.5, 0.6) is 0 Å². The van der Waals surface area contributed by atoms with Crippen molar-refractivity contribution in [1.29, 1.82) is 0 Å². The van der Waals surface area contributed by atoms with Crippen molar-refractivity contribution in [3.63, 3.8) is 0 Å². The minimum Gasteiger partial charge on any atom is -0.321 e. The highest BCUT2D eigenvalue weighted by molar-refractivity contribution is 6.31. The monoisotopic (exact) mass is 425 g/mol. The number of halogens is 2. The summed E-state index contributed by atoms with van der Waals surface area (Å²) in [6.45, 7) is 5.77. The van der Waals surface area contributed by atoms with E-state index in [9.17, 15) is 9.59 Å². The van der Waals surface area contributed by atoms with Crippen LogP contribution < -0.4 is 10.6 Å². The van der Waals surface area contributed by atoms with Crippen LogP contribution in [0.15, 0.2) is 67.4 Å². The van der Waals surface area contributed by atoms with Crippen LogP contribution in [0.2, 0.25) is 10.0 Å². The van der Waals surface area contributed by atoms with Gasteiger partial charge >= 0.3 is 0 Å². The first-order chi connectivity index (χ1) is 13.8. The third-order valence-corrected chi connectivity index (χ3v) is 4.54. The number of nitrogens with zero attached hydrogens (tertiary/aromatic N) is 1. The largest absolute Gasteiger partial charge is 0.321 e. The summed E-state index contributed by atoms with van der Waals surface area (Å²) in [5.74, 6) is -0.485. The molecule has 0 radical (unpaired) electrons. The average molecular weight is 426 g/mol. The summed E-state index contributed by atoms with van der Waals surface area (Å²) in [5, 5.41) is 6.23. The maximum atomic E-state index is 12.7. The Morgan fingerprint density at radius 1 is 0.862 bits per heavy atom. The molecule has 29 heavy (non-hydrogen) atoms. The molecular weight excluding hydrogens is 409 g/mol. The molecule has 2 N–H and O–H groups in total. The predicted octanol–water partition coefficient (Wildman–Crippen LogP) is 5.93. The van der Waals surface area contributed by atoms with Gasteiger partial charge in [-0.05, 0) is 55.0 Å². The van der Waals surface area contributed by atoms with Gasteiger partial charge in [-0.25, -0.2) is 4.98 Å². The molecule has 3 rings (SSSR count). The molecule has 0 saturated carbocycles. The lowest BCUT2D eigenvalue weighted by Crippen LogP contribution is -2.18. The zero-order valence-electron chi connectivity index (χ0n) is 15.5. The predicted molar refractivity (Wildman–Crippen MR) is 118 cm³/mol. The van der Waals surface area contributed by atoms with E-state index in [0.29, 0.717) is 27.1 Å². The Balaban J connectivity index is 1.82.